The highest BCUT2D eigenvalue weighted by molar-refractivity contribution is 7.89. The van der Waals surface area contributed by atoms with Gasteiger partial charge in [-0.05, 0) is 31.0 Å². The molecule has 0 aliphatic rings. The Kier molecular flexibility index (Phi) is 6.20. The smallest absolute Gasteiger partial charge is 0.240 e. The second-order valence-corrected chi connectivity index (χ2v) is 5.81. The second-order valence-electron chi connectivity index (χ2n) is 4.05. The third-order valence-electron chi connectivity index (χ3n) is 2.39. The summed E-state index contributed by atoms with van der Waals surface area (Å²) in [6, 6.07) is 3.41. The molecule has 0 amide bonds. The van der Waals surface area contributed by atoms with Gasteiger partial charge in [-0.15, -0.1) is 0 Å². The van der Waals surface area contributed by atoms with Crippen molar-refractivity contribution in [3.63, 3.8) is 0 Å². The van der Waals surface area contributed by atoms with Crippen molar-refractivity contribution >= 4 is 15.7 Å². The first-order chi connectivity index (χ1) is 8.97. The Balaban J connectivity index is 2.49. The summed E-state index contributed by atoms with van der Waals surface area (Å²) in [5.74, 6) is -0.742. The molecule has 0 unspecified atom stereocenters. The molecule has 1 aromatic rings. The minimum absolute atomic E-state index is 0.0769. The lowest BCUT2D eigenvalue weighted by atomic mass is 10.3. The fraction of sp³-hybridized carbons (Fsp3) is 0.500. The number of halogens is 1. The van der Waals surface area contributed by atoms with E-state index in [0.717, 1.165) is 12.5 Å². The number of benzene rings is 1. The zero-order valence-electron chi connectivity index (χ0n) is 10.9. The van der Waals surface area contributed by atoms with Crippen LogP contribution in [0.4, 0.5) is 10.1 Å². The fourth-order valence-corrected chi connectivity index (χ4v) is 2.47. The van der Waals surface area contributed by atoms with Gasteiger partial charge in [0.25, 0.3) is 0 Å². The topological polar surface area (TPSA) is 81.4 Å². The van der Waals surface area contributed by atoms with Gasteiger partial charge >= 0.3 is 0 Å². The molecule has 1 aromatic carbocycles. The molecule has 0 bridgehead atoms. The Labute approximate surface area is 113 Å². The number of ether oxygens (including phenoxy) is 1. The van der Waals surface area contributed by atoms with Gasteiger partial charge in [0.05, 0.1) is 10.6 Å². The largest absolute Gasteiger partial charge is 0.396 e. The van der Waals surface area contributed by atoms with Crippen LogP contribution in [0, 0.1) is 5.82 Å². The van der Waals surface area contributed by atoms with Crippen LogP contribution >= 0.6 is 0 Å². The van der Waals surface area contributed by atoms with Crippen LogP contribution in [-0.2, 0) is 14.8 Å². The van der Waals surface area contributed by atoms with Crippen molar-refractivity contribution in [3.8, 4) is 0 Å². The maximum absolute atomic E-state index is 13.2. The van der Waals surface area contributed by atoms with Crippen LogP contribution in [0.1, 0.15) is 19.8 Å². The molecule has 0 aromatic heterocycles. The lowest BCUT2D eigenvalue weighted by molar-refractivity contribution is 0.133. The molecule has 0 saturated heterocycles. The quantitative estimate of drug-likeness (QED) is 0.561. The standard InChI is InChI=1S/C12H19FN2O3S/c1-2-7-18-8-3-6-15-19(16,17)10-4-5-12(14)11(13)9-10/h4-5,9,15H,2-3,6-8,14H2,1H3. The maximum Gasteiger partial charge on any atom is 0.240 e. The molecule has 0 spiro atoms. The number of hydrogen-bond donors (Lipinski definition) is 2. The zero-order chi connectivity index (χ0) is 14.3. The van der Waals surface area contributed by atoms with Gasteiger partial charge in [0, 0.05) is 19.8 Å². The highest BCUT2D eigenvalue weighted by Crippen LogP contribution is 2.15. The van der Waals surface area contributed by atoms with Gasteiger partial charge in [-0.1, -0.05) is 6.92 Å². The summed E-state index contributed by atoms with van der Waals surface area (Å²) in [5.41, 5.74) is 5.22. The Morgan fingerprint density at radius 3 is 2.74 bits per heavy atom. The van der Waals surface area contributed by atoms with Gasteiger partial charge in [-0.25, -0.2) is 17.5 Å². The summed E-state index contributed by atoms with van der Waals surface area (Å²) >= 11 is 0. The minimum atomic E-state index is -3.69. The molecular formula is C12H19FN2O3S. The van der Waals surface area contributed by atoms with Crippen LogP contribution < -0.4 is 10.5 Å². The normalized spacial score (nSPS) is 11.7. The Hall–Kier alpha value is -1.18. The molecule has 0 fully saturated rings. The van der Waals surface area contributed by atoms with Crippen molar-refractivity contribution in [2.75, 3.05) is 25.5 Å². The second kappa shape index (κ2) is 7.42. The lowest BCUT2D eigenvalue weighted by Crippen LogP contribution is -2.25. The van der Waals surface area contributed by atoms with Gasteiger partial charge in [-0.3, -0.25) is 0 Å². The van der Waals surface area contributed by atoms with Gasteiger partial charge in [0.2, 0.25) is 10.0 Å². The van der Waals surface area contributed by atoms with E-state index in [1.165, 1.54) is 12.1 Å². The van der Waals surface area contributed by atoms with E-state index in [9.17, 15) is 12.8 Å². The summed E-state index contributed by atoms with van der Waals surface area (Å²) in [6.07, 6.45) is 1.49. The summed E-state index contributed by atoms with van der Waals surface area (Å²) in [4.78, 5) is -0.131. The molecule has 0 heterocycles. The van der Waals surface area contributed by atoms with E-state index in [2.05, 4.69) is 4.72 Å². The van der Waals surface area contributed by atoms with Crippen LogP contribution in [0.2, 0.25) is 0 Å². The highest BCUT2D eigenvalue weighted by atomic mass is 32.2. The molecule has 3 N–H and O–H groups in total. The highest BCUT2D eigenvalue weighted by Gasteiger charge is 2.14. The number of rotatable bonds is 8. The molecule has 0 saturated carbocycles. The average Bonchev–Trinajstić information content (AvgIpc) is 2.36. The van der Waals surface area contributed by atoms with Crippen LogP contribution in [0.5, 0.6) is 0 Å². The predicted octanol–water partition coefficient (Wildman–Crippen LogP) is 1.50. The Morgan fingerprint density at radius 1 is 1.37 bits per heavy atom. The molecule has 0 aliphatic heterocycles. The van der Waals surface area contributed by atoms with E-state index in [4.69, 9.17) is 10.5 Å². The molecular weight excluding hydrogens is 271 g/mol. The third kappa shape index (κ3) is 5.14. The van der Waals surface area contributed by atoms with E-state index in [1.807, 2.05) is 6.92 Å². The van der Waals surface area contributed by atoms with E-state index in [1.54, 1.807) is 0 Å². The number of sulfonamides is 1. The van der Waals surface area contributed by atoms with E-state index < -0.39 is 15.8 Å². The van der Waals surface area contributed by atoms with Crippen LogP contribution in [0.15, 0.2) is 23.1 Å². The van der Waals surface area contributed by atoms with Crippen molar-refractivity contribution in [2.45, 2.75) is 24.7 Å². The third-order valence-corrected chi connectivity index (χ3v) is 3.85. The summed E-state index contributed by atoms with van der Waals surface area (Å²) in [5, 5.41) is 0. The van der Waals surface area contributed by atoms with Crippen LogP contribution in [0.3, 0.4) is 0 Å². The molecule has 7 heteroatoms. The SMILES string of the molecule is CCCOCCCNS(=O)(=O)c1ccc(N)c(F)c1. The maximum atomic E-state index is 13.2. The van der Waals surface area contributed by atoms with Gasteiger partial charge in [0.1, 0.15) is 5.82 Å². The number of nitrogens with one attached hydrogen (secondary N) is 1. The molecule has 5 nitrogen and oxygen atoms in total. The average molecular weight is 290 g/mol. The first-order valence-electron chi connectivity index (χ1n) is 6.10. The van der Waals surface area contributed by atoms with Gasteiger partial charge in [-0.2, -0.15) is 0 Å². The number of anilines is 1. The zero-order valence-corrected chi connectivity index (χ0v) is 11.7. The monoisotopic (exact) mass is 290 g/mol. The molecule has 19 heavy (non-hydrogen) atoms. The molecule has 1 rings (SSSR count). The van der Waals surface area contributed by atoms with Crippen LogP contribution in [-0.4, -0.2) is 28.2 Å². The summed E-state index contributed by atoms with van der Waals surface area (Å²) in [6.45, 7) is 3.40. The van der Waals surface area contributed by atoms with E-state index in [0.29, 0.717) is 19.6 Å². The molecule has 0 aliphatic carbocycles. The van der Waals surface area contributed by atoms with Crippen molar-refractivity contribution < 1.29 is 17.5 Å². The number of nitrogen functional groups attached to an aromatic ring is 1. The fourth-order valence-electron chi connectivity index (χ4n) is 1.39. The van der Waals surface area contributed by atoms with Crippen LogP contribution in [0.25, 0.3) is 0 Å². The van der Waals surface area contributed by atoms with Gasteiger partial charge in [0.15, 0.2) is 0 Å². The Morgan fingerprint density at radius 2 is 2.11 bits per heavy atom. The molecule has 0 radical (unpaired) electrons. The predicted molar refractivity (Wildman–Crippen MR) is 71.7 cm³/mol. The van der Waals surface area contributed by atoms with Gasteiger partial charge < -0.3 is 10.5 Å². The number of nitrogens with two attached hydrogens (primary N) is 1. The number of hydrogen-bond acceptors (Lipinski definition) is 4. The Bertz CT molecular complexity index is 506. The van der Waals surface area contributed by atoms with Crippen molar-refractivity contribution in [2.24, 2.45) is 0 Å². The van der Waals surface area contributed by atoms with E-state index >= 15 is 0 Å². The van der Waals surface area contributed by atoms with E-state index in [-0.39, 0.29) is 17.1 Å². The first-order valence-corrected chi connectivity index (χ1v) is 7.58. The first kappa shape index (κ1) is 15.9. The minimum Gasteiger partial charge on any atom is -0.396 e. The molecule has 108 valence electrons. The summed E-state index contributed by atoms with van der Waals surface area (Å²) in [7, 11) is -3.69. The summed E-state index contributed by atoms with van der Waals surface area (Å²) < 4.78 is 44.5. The van der Waals surface area contributed by atoms with Crippen molar-refractivity contribution in [3.05, 3.63) is 24.0 Å². The molecule has 0 atom stereocenters. The lowest BCUT2D eigenvalue weighted by Gasteiger charge is -2.07. The van der Waals surface area contributed by atoms with Crippen molar-refractivity contribution in [1.82, 2.24) is 4.72 Å². The van der Waals surface area contributed by atoms with Crippen molar-refractivity contribution in [1.29, 1.82) is 0 Å².